The number of hydrogen-bond acceptors (Lipinski definition) is 3. The first-order chi connectivity index (χ1) is 16.0. The molecule has 0 aliphatic heterocycles. The van der Waals surface area contributed by atoms with E-state index in [4.69, 9.17) is 11.6 Å². The van der Waals surface area contributed by atoms with Crippen molar-refractivity contribution < 1.29 is 13.6 Å². The highest BCUT2D eigenvalue weighted by Crippen LogP contribution is 2.27. The highest BCUT2D eigenvalue weighted by molar-refractivity contribution is 6.31. The molecule has 0 unspecified atom stereocenters. The van der Waals surface area contributed by atoms with Crippen molar-refractivity contribution in [1.82, 2.24) is 24.9 Å². The summed E-state index contributed by atoms with van der Waals surface area (Å²) in [5.74, 6) is -0.430. The van der Waals surface area contributed by atoms with Gasteiger partial charge >= 0.3 is 0 Å². The van der Waals surface area contributed by atoms with E-state index in [1.807, 2.05) is 30.5 Å². The third kappa shape index (κ3) is 4.05. The van der Waals surface area contributed by atoms with E-state index in [0.717, 1.165) is 21.0 Å². The number of H-pyrrole nitrogens is 1. The standard InChI is InChI=1S/C24H18ClF2N5O/c25-16-6-7-19-17(10-16)15(12-29-19)8-9-28-24(33)18-13-30-32-21(22(26)27)11-20(31-23(18)32)14-4-2-1-3-5-14/h1-7,10-13,22,29H,8-9H2,(H,28,33). The Morgan fingerprint density at radius 2 is 1.97 bits per heavy atom. The van der Waals surface area contributed by atoms with Gasteiger partial charge < -0.3 is 10.3 Å². The molecule has 3 heterocycles. The molecule has 0 aliphatic carbocycles. The Hall–Kier alpha value is -3.78. The van der Waals surface area contributed by atoms with Gasteiger partial charge in [0.2, 0.25) is 0 Å². The molecule has 0 radical (unpaired) electrons. The van der Waals surface area contributed by atoms with Crippen molar-refractivity contribution in [3.05, 3.63) is 88.8 Å². The van der Waals surface area contributed by atoms with Crippen LogP contribution in [-0.4, -0.2) is 32.0 Å². The first-order valence-electron chi connectivity index (χ1n) is 10.3. The van der Waals surface area contributed by atoms with Crippen LogP contribution in [0.4, 0.5) is 8.78 Å². The lowest BCUT2D eigenvalue weighted by Gasteiger charge is -2.09. The van der Waals surface area contributed by atoms with Crippen LogP contribution in [0.25, 0.3) is 27.8 Å². The first kappa shape index (κ1) is 21.1. The van der Waals surface area contributed by atoms with Gasteiger partial charge in [-0.2, -0.15) is 5.10 Å². The molecule has 166 valence electrons. The molecule has 0 fully saturated rings. The van der Waals surface area contributed by atoms with Gasteiger partial charge in [-0.15, -0.1) is 0 Å². The van der Waals surface area contributed by atoms with Gasteiger partial charge in [-0.3, -0.25) is 4.79 Å². The van der Waals surface area contributed by atoms with Crippen LogP contribution in [0.2, 0.25) is 5.02 Å². The predicted molar refractivity (Wildman–Crippen MR) is 123 cm³/mol. The van der Waals surface area contributed by atoms with Crippen LogP contribution in [-0.2, 0) is 6.42 Å². The summed E-state index contributed by atoms with van der Waals surface area (Å²) in [7, 11) is 0. The van der Waals surface area contributed by atoms with Gasteiger partial charge in [0.1, 0.15) is 11.3 Å². The number of fused-ring (bicyclic) bond motifs is 2. The number of carbonyl (C=O) groups is 1. The Bertz CT molecular complexity index is 1460. The normalized spacial score (nSPS) is 11.5. The van der Waals surface area contributed by atoms with Crippen molar-refractivity contribution in [2.75, 3.05) is 6.54 Å². The summed E-state index contributed by atoms with van der Waals surface area (Å²) < 4.78 is 28.5. The minimum absolute atomic E-state index is 0.0861. The molecule has 0 saturated carbocycles. The minimum atomic E-state index is -2.78. The fourth-order valence-corrected chi connectivity index (χ4v) is 3.99. The first-order valence-corrected chi connectivity index (χ1v) is 10.6. The summed E-state index contributed by atoms with van der Waals surface area (Å²) >= 11 is 6.09. The molecule has 0 saturated heterocycles. The number of aromatic amines is 1. The average molecular weight is 466 g/mol. The molecule has 1 amide bonds. The molecule has 3 aromatic heterocycles. The molecular weight excluding hydrogens is 448 g/mol. The van der Waals surface area contributed by atoms with Crippen molar-refractivity contribution in [2.45, 2.75) is 12.8 Å². The third-order valence-electron chi connectivity index (χ3n) is 5.45. The molecule has 5 aromatic rings. The topological polar surface area (TPSA) is 75.1 Å². The Morgan fingerprint density at radius 3 is 2.76 bits per heavy atom. The van der Waals surface area contributed by atoms with E-state index in [1.54, 1.807) is 24.3 Å². The van der Waals surface area contributed by atoms with Gasteiger partial charge in [-0.25, -0.2) is 18.3 Å². The average Bonchev–Trinajstić information content (AvgIpc) is 3.43. The lowest BCUT2D eigenvalue weighted by Crippen LogP contribution is -2.25. The number of nitrogens with one attached hydrogen (secondary N) is 2. The molecule has 2 N–H and O–H groups in total. The molecular formula is C24H18ClF2N5O. The zero-order valence-electron chi connectivity index (χ0n) is 17.2. The largest absolute Gasteiger partial charge is 0.361 e. The molecule has 0 atom stereocenters. The van der Waals surface area contributed by atoms with Crippen molar-refractivity contribution in [2.24, 2.45) is 0 Å². The third-order valence-corrected chi connectivity index (χ3v) is 5.68. The zero-order chi connectivity index (χ0) is 22.9. The predicted octanol–water partition coefficient (Wildman–Crippen LogP) is 5.44. The summed E-state index contributed by atoms with van der Waals surface area (Å²) in [5, 5.41) is 8.46. The maximum Gasteiger partial charge on any atom is 0.280 e. The van der Waals surface area contributed by atoms with Crippen molar-refractivity contribution in [1.29, 1.82) is 0 Å². The van der Waals surface area contributed by atoms with E-state index in [-0.39, 0.29) is 16.9 Å². The number of hydrogen-bond donors (Lipinski definition) is 2. The van der Waals surface area contributed by atoms with E-state index in [0.29, 0.717) is 29.2 Å². The second kappa shape index (κ2) is 8.63. The van der Waals surface area contributed by atoms with Crippen LogP contribution in [0.1, 0.15) is 28.0 Å². The Kier molecular flexibility index (Phi) is 5.51. The van der Waals surface area contributed by atoms with Crippen molar-refractivity contribution >= 4 is 34.1 Å². The summed E-state index contributed by atoms with van der Waals surface area (Å²) in [6, 6.07) is 15.8. The van der Waals surface area contributed by atoms with Gasteiger partial charge in [0.15, 0.2) is 5.65 Å². The van der Waals surface area contributed by atoms with E-state index < -0.39 is 12.3 Å². The smallest absolute Gasteiger partial charge is 0.280 e. The maximum absolute atomic E-state index is 13.7. The number of aromatic nitrogens is 4. The number of benzene rings is 2. The van der Waals surface area contributed by atoms with Crippen molar-refractivity contribution in [3.63, 3.8) is 0 Å². The number of alkyl halides is 2. The number of halogens is 3. The second-order valence-corrected chi connectivity index (χ2v) is 7.97. The molecule has 0 aliphatic rings. The highest BCUT2D eigenvalue weighted by Gasteiger charge is 2.21. The fourth-order valence-electron chi connectivity index (χ4n) is 3.82. The van der Waals surface area contributed by atoms with Gasteiger partial charge in [-0.05, 0) is 36.2 Å². The van der Waals surface area contributed by atoms with Crippen LogP contribution < -0.4 is 5.32 Å². The molecule has 5 rings (SSSR count). The number of rotatable bonds is 6. The van der Waals surface area contributed by atoms with Crippen LogP contribution in [0.15, 0.2) is 67.0 Å². The van der Waals surface area contributed by atoms with Crippen LogP contribution in [0.3, 0.4) is 0 Å². The van der Waals surface area contributed by atoms with Crippen LogP contribution in [0.5, 0.6) is 0 Å². The molecule has 9 heteroatoms. The van der Waals surface area contributed by atoms with Crippen LogP contribution >= 0.6 is 11.6 Å². The quantitative estimate of drug-likeness (QED) is 0.350. The number of amides is 1. The Balaban J connectivity index is 1.41. The molecule has 33 heavy (non-hydrogen) atoms. The van der Waals surface area contributed by atoms with E-state index in [1.165, 1.54) is 12.3 Å². The summed E-state index contributed by atoms with van der Waals surface area (Å²) in [5.41, 5.74) is 2.89. The highest BCUT2D eigenvalue weighted by atomic mass is 35.5. The Labute approximate surface area is 192 Å². The summed E-state index contributed by atoms with van der Waals surface area (Å²) in [6.45, 7) is 0.343. The minimum Gasteiger partial charge on any atom is -0.361 e. The lowest BCUT2D eigenvalue weighted by atomic mass is 10.1. The van der Waals surface area contributed by atoms with Crippen LogP contribution in [0, 0.1) is 0 Å². The molecule has 6 nitrogen and oxygen atoms in total. The van der Waals surface area contributed by atoms with Gasteiger partial charge in [0, 0.05) is 34.2 Å². The maximum atomic E-state index is 13.7. The van der Waals surface area contributed by atoms with Gasteiger partial charge in [-0.1, -0.05) is 41.9 Å². The van der Waals surface area contributed by atoms with E-state index >= 15 is 0 Å². The van der Waals surface area contributed by atoms with Gasteiger partial charge in [0.25, 0.3) is 12.3 Å². The second-order valence-electron chi connectivity index (χ2n) is 7.54. The van der Waals surface area contributed by atoms with Crippen molar-refractivity contribution in [3.8, 4) is 11.3 Å². The molecule has 0 bridgehead atoms. The molecule has 2 aromatic carbocycles. The van der Waals surface area contributed by atoms with E-state index in [2.05, 4.69) is 20.4 Å². The lowest BCUT2D eigenvalue weighted by molar-refractivity contribution is 0.0955. The monoisotopic (exact) mass is 465 g/mol. The zero-order valence-corrected chi connectivity index (χ0v) is 18.0. The Morgan fingerprint density at radius 1 is 1.15 bits per heavy atom. The van der Waals surface area contributed by atoms with E-state index in [9.17, 15) is 13.6 Å². The number of nitrogens with zero attached hydrogens (tertiary/aromatic N) is 3. The fraction of sp³-hybridized carbons (Fsp3) is 0.125. The van der Waals surface area contributed by atoms with Gasteiger partial charge in [0.05, 0.1) is 11.9 Å². The SMILES string of the molecule is O=C(NCCc1c[nH]c2ccc(Cl)cc12)c1cnn2c(C(F)F)cc(-c3ccccc3)nc12. The number of carbonyl (C=O) groups excluding carboxylic acids is 1. The summed E-state index contributed by atoms with van der Waals surface area (Å²) in [4.78, 5) is 20.5. The summed E-state index contributed by atoms with van der Waals surface area (Å²) in [6.07, 6.45) is 0.938. The molecule has 0 spiro atoms.